The molecule has 0 unspecified atom stereocenters. The van der Waals surface area contributed by atoms with Crippen LogP contribution in [0.25, 0.3) is 10.8 Å². The van der Waals surface area contributed by atoms with E-state index < -0.39 is 72.3 Å². The van der Waals surface area contributed by atoms with Gasteiger partial charge in [-0.3, -0.25) is 0 Å². The highest BCUT2D eigenvalue weighted by Gasteiger charge is 2.96. The molecule has 4 nitrogen and oxygen atoms in total. The smallest absolute Gasteiger partial charge is 0.211 e. The van der Waals surface area contributed by atoms with Gasteiger partial charge in [0.1, 0.15) is 0 Å². The molecule has 0 aliphatic carbocycles. The Hall–Kier alpha value is -2.74. The Bertz CT molecular complexity index is 1580. The van der Waals surface area contributed by atoms with Crippen molar-refractivity contribution in [2.24, 2.45) is 0 Å². The van der Waals surface area contributed by atoms with Gasteiger partial charge >= 0.3 is 57.1 Å². The van der Waals surface area contributed by atoms with Gasteiger partial charge in [0.05, 0.1) is 11.6 Å². The number of hydrogen-bond acceptors (Lipinski definition) is 4. The maximum atomic E-state index is 14.5. The second-order valence-electron chi connectivity index (χ2n) is 8.98. The van der Waals surface area contributed by atoms with E-state index in [1.54, 1.807) is 6.07 Å². The Labute approximate surface area is 236 Å². The molecule has 44 heavy (non-hydrogen) atoms. The molecule has 0 aliphatic rings. The van der Waals surface area contributed by atoms with Crippen molar-refractivity contribution in [1.29, 1.82) is 5.26 Å². The average Bonchev–Trinajstić information content (AvgIpc) is 2.85. The molecule has 0 spiro atoms. The van der Waals surface area contributed by atoms with E-state index in [0.29, 0.717) is 12.5 Å². The molecule has 2 rings (SSSR count). The van der Waals surface area contributed by atoms with Gasteiger partial charge in [-0.05, 0) is 30.0 Å². The molecule has 23 heteroatoms. The summed E-state index contributed by atoms with van der Waals surface area (Å²) in [6.45, 7) is 0. The van der Waals surface area contributed by atoms with E-state index in [1.165, 1.54) is 18.2 Å². The van der Waals surface area contributed by atoms with Crippen LogP contribution in [0.5, 0.6) is 0 Å². The molecule has 250 valence electrons. The van der Waals surface area contributed by atoms with Crippen LogP contribution in [-0.4, -0.2) is 67.9 Å². The number of rotatable bonds is 10. The van der Waals surface area contributed by atoms with Crippen molar-refractivity contribution in [1.82, 2.24) is 0 Å². The maximum Gasteiger partial charge on any atom is 0.460 e. The molecular formula is C21H12F17NO3S2. The van der Waals surface area contributed by atoms with Gasteiger partial charge in [-0.25, -0.2) is 3.63 Å². The van der Waals surface area contributed by atoms with E-state index in [-0.39, 0.29) is 16.3 Å². The van der Waals surface area contributed by atoms with E-state index in [1.807, 2.05) is 0 Å². The number of benzene rings is 2. The van der Waals surface area contributed by atoms with Crippen LogP contribution in [0.15, 0.2) is 41.3 Å². The molecule has 0 aliphatic heterocycles. The summed E-state index contributed by atoms with van der Waals surface area (Å²) in [5.74, 6) is -52.2. The van der Waals surface area contributed by atoms with Crippen LogP contribution in [0.2, 0.25) is 0 Å². The van der Waals surface area contributed by atoms with Crippen LogP contribution in [-0.2, 0) is 13.7 Å². The number of halogens is 17. The predicted molar refractivity (Wildman–Crippen MR) is 117 cm³/mol. The summed E-state index contributed by atoms with van der Waals surface area (Å²) in [5.41, 5.74) is -0.144. The standard InChI is InChI=1S/C21H12F17NO3S2/c1-43(2,13-8-7-10(9-39)11-5-3-4-6-12(11)13)42-44(40,41)21(37,38)19(32,33)17(28,29)15(24,25)14(22,23)16(26,27)18(30,31)20(34,35)36/h3-8H,1-2H3. The maximum absolute atomic E-state index is 14.5. The highest BCUT2D eigenvalue weighted by atomic mass is 32.3. The summed E-state index contributed by atoms with van der Waals surface area (Å²) < 4.78 is 259. The molecular weight excluding hydrogens is 701 g/mol. The number of nitrogens with zero attached hydrogens (tertiary/aromatic N) is 1. The highest BCUT2D eigenvalue weighted by Crippen LogP contribution is 2.65. The summed E-state index contributed by atoms with van der Waals surface area (Å²) in [4.78, 5) is -0.507. The van der Waals surface area contributed by atoms with Crippen molar-refractivity contribution in [2.75, 3.05) is 12.5 Å². The molecule has 2 aromatic rings. The zero-order valence-electron chi connectivity index (χ0n) is 20.9. The zero-order chi connectivity index (χ0) is 35.0. The minimum absolute atomic E-state index is 0.0452. The molecule has 0 fully saturated rings. The van der Waals surface area contributed by atoms with Crippen molar-refractivity contribution in [3.63, 3.8) is 0 Å². The van der Waals surface area contributed by atoms with E-state index in [4.69, 9.17) is 5.26 Å². The molecule has 0 heterocycles. The topological polar surface area (TPSA) is 67.2 Å². The first-order chi connectivity index (χ1) is 19.2. The van der Waals surface area contributed by atoms with Gasteiger partial charge in [-0.2, -0.15) is 88.3 Å². The van der Waals surface area contributed by atoms with Crippen molar-refractivity contribution in [2.45, 2.75) is 51.9 Å². The first-order valence-electron chi connectivity index (χ1n) is 10.6. The lowest BCUT2D eigenvalue weighted by atomic mass is 9.91. The van der Waals surface area contributed by atoms with Crippen LogP contribution < -0.4 is 0 Å². The Balaban J connectivity index is 2.69. The van der Waals surface area contributed by atoms with Crippen molar-refractivity contribution >= 4 is 31.2 Å². The van der Waals surface area contributed by atoms with Crippen LogP contribution in [0.4, 0.5) is 74.6 Å². The van der Waals surface area contributed by atoms with Gasteiger partial charge in [0.2, 0.25) is 0 Å². The summed E-state index contributed by atoms with van der Waals surface area (Å²) in [6, 6.07) is 8.20. The molecule has 2 aromatic carbocycles. The quantitative estimate of drug-likeness (QED) is 0.232. The van der Waals surface area contributed by atoms with Crippen LogP contribution in [0.1, 0.15) is 5.56 Å². The van der Waals surface area contributed by atoms with Crippen molar-refractivity contribution in [3.8, 4) is 6.07 Å². The SMILES string of the molecule is CS(C)(OS(=O)(=O)C(F)(F)C(F)(F)C(F)(F)C(F)(F)C(F)(F)C(F)(F)C(F)(F)C(F)(F)F)c1ccc(C#N)c2ccccc12. The minimum atomic E-state index is -8.94. The molecule has 0 saturated heterocycles. The van der Waals surface area contributed by atoms with Gasteiger partial charge in [-0.1, -0.05) is 34.6 Å². The molecule has 0 bridgehead atoms. The lowest BCUT2D eigenvalue weighted by Crippen LogP contribution is -2.75. The van der Waals surface area contributed by atoms with E-state index in [9.17, 15) is 83.1 Å². The van der Waals surface area contributed by atoms with Gasteiger partial charge in [0.15, 0.2) is 0 Å². The van der Waals surface area contributed by atoms with Crippen molar-refractivity contribution in [3.05, 3.63) is 42.0 Å². The van der Waals surface area contributed by atoms with Gasteiger partial charge in [0, 0.05) is 10.3 Å². The Kier molecular flexibility index (Phi) is 8.85. The predicted octanol–water partition coefficient (Wildman–Crippen LogP) is 8.36. The van der Waals surface area contributed by atoms with Crippen LogP contribution in [0.3, 0.4) is 0 Å². The fourth-order valence-corrected chi connectivity index (χ4v) is 7.38. The summed E-state index contributed by atoms with van der Waals surface area (Å²) in [5, 5.41) is 1.13. The van der Waals surface area contributed by atoms with E-state index in [0.717, 1.165) is 18.2 Å². The lowest BCUT2D eigenvalue weighted by Gasteiger charge is -2.42. The van der Waals surface area contributed by atoms with Crippen LogP contribution in [0, 0.1) is 11.3 Å². The number of fused-ring (bicyclic) bond motifs is 1. The third-order valence-electron chi connectivity index (χ3n) is 5.80. The van der Waals surface area contributed by atoms with Gasteiger partial charge in [-0.15, -0.1) is 0 Å². The monoisotopic (exact) mass is 713 g/mol. The molecule has 0 radical (unpaired) electrons. The fraction of sp³-hybridized carbons (Fsp3) is 0.476. The molecule has 0 atom stereocenters. The molecule has 0 aromatic heterocycles. The molecule has 0 saturated carbocycles. The average molecular weight is 713 g/mol. The largest absolute Gasteiger partial charge is 0.460 e. The fourth-order valence-electron chi connectivity index (χ4n) is 3.41. The Morgan fingerprint density at radius 3 is 1.39 bits per heavy atom. The minimum Gasteiger partial charge on any atom is -0.211 e. The first kappa shape index (κ1) is 37.4. The number of nitriles is 1. The summed E-state index contributed by atoms with van der Waals surface area (Å²) in [7, 11) is -11.8. The Morgan fingerprint density at radius 1 is 0.591 bits per heavy atom. The van der Waals surface area contributed by atoms with Gasteiger partial charge < -0.3 is 0 Å². The highest BCUT2D eigenvalue weighted by molar-refractivity contribution is 8.32. The van der Waals surface area contributed by atoms with E-state index >= 15 is 0 Å². The second kappa shape index (κ2) is 10.4. The third kappa shape index (κ3) is 5.00. The zero-order valence-corrected chi connectivity index (χ0v) is 22.5. The number of alkyl halides is 17. The number of hydrogen-bond donors (Lipinski definition) is 0. The Morgan fingerprint density at radius 2 is 0.977 bits per heavy atom. The van der Waals surface area contributed by atoms with Crippen molar-refractivity contribution < 1.29 is 86.7 Å². The lowest BCUT2D eigenvalue weighted by molar-refractivity contribution is -0.458. The molecule has 0 amide bonds. The van der Waals surface area contributed by atoms with Crippen LogP contribution >= 0.6 is 10.3 Å². The normalized spacial score (nSPS) is 15.8. The van der Waals surface area contributed by atoms with Gasteiger partial charge in [0.25, 0.3) is 0 Å². The van der Waals surface area contributed by atoms with E-state index in [2.05, 4.69) is 3.63 Å². The summed E-state index contributed by atoms with van der Waals surface area (Å²) >= 11 is 0. The first-order valence-corrected chi connectivity index (χ1v) is 14.3. The third-order valence-corrected chi connectivity index (χ3v) is 10.2. The molecule has 0 N–H and O–H groups in total. The summed E-state index contributed by atoms with van der Waals surface area (Å²) in [6.07, 6.45) is -6.79. The second-order valence-corrected chi connectivity index (χ2v) is 13.9.